The molecule has 0 spiro atoms. The zero-order valence-electron chi connectivity index (χ0n) is 17.6. The number of methoxy groups -OCH3 is 3. The van der Waals surface area contributed by atoms with Crippen LogP contribution < -0.4 is 14.2 Å². The van der Waals surface area contributed by atoms with Gasteiger partial charge in [-0.2, -0.15) is 5.10 Å². The summed E-state index contributed by atoms with van der Waals surface area (Å²) in [6.45, 7) is 0. The van der Waals surface area contributed by atoms with Crippen LogP contribution in [0.15, 0.2) is 78.9 Å². The van der Waals surface area contributed by atoms with Gasteiger partial charge in [0.1, 0.15) is 23.4 Å². The molecule has 1 aromatic heterocycles. The number of aliphatic hydroxyl groups excluding tert-OH is 1. The van der Waals surface area contributed by atoms with Gasteiger partial charge in [0.15, 0.2) is 0 Å². The maximum absolute atomic E-state index is 11.1. The average Bonchev–Trinajstić information content (AvgIpc) is 3.29. The second-order valence-electron chi connectivity index (χ2n) is 6.94. The van der Waals surface area contributed by atoms with E-state index in [0.29, 0.717) is 17.0 Å². The first-order valence-electron chi connectivity index (χ1n) is 9.84. The second kappa shape index (κ2) is 8.93. The third-order valence-corrected chi connectivity index (χ3v) is 5.14. The van der Waals surface area contributed by atoms with E-state index in [1.165, 1.54) is 0 Å². The summed E-state index contributed by atoms with van der Waals surface area (Å²) in [4.78, 5) is 0. The lowest BCUT2D eigenvalue weighted by Gasteiger charge is -2.12. The van der Waals surface area contributed by atoms with E-state index in [9.17, 15) is 5.11 Å². The maximum Gasteiger partial charge on any atom is 0.126 e. The predicted octanol–water partition coefficient (Wildman–Crippen LogP) is 4.65. The lowest BCUT2D eigenvalue weighted by Crippen LogP contribution is -2.05. The molecule has 0 aliphatic carbocycles. The molecule has 6 heteroatoms. The average molecular weight is 416 g/mol. The predicted molar refractivity (Wildman–Crippen MR) is 119 cm³/mol. The van der Waals surface area contributed by atoms with Crippen LogP contribution in [0.25, 0.3) is 16.9 Å². The lowest BCUT2D eigenvalue weighted by atomic mass is 10.0. The summed E-state index contributed by atoms with van der Waals surface area (Å²) in [5.41, 5.74) is 3.82. The van der Waals surface area contributed by atoms with Gasteiger partial charge in [0.2, 0.25) is 0 Å². The molecule has 31 heavy (non-hydrogen) atoms. The topological polar surface area (TPSA) is 65.7 Å². The first-order valence-corrected chi connectivity index (χ1v) is 9.84. The van der Waals surface area contributed by atoms with Crippen LogP contribution in [0.1, 0.15) is 17.4 Å². The number of rotatable bonds is 7. The zero-order chi connectivity index (χ0) is 21.8. The summed E-state index contributed by atoms with van der Waals surface area (Å²) in [5, 5.41) is 15.8. The number of nitrogens with zero attached hydrogens (tertiary/aromatic N) is 2. The Hall–Kier alpha value is -3.77. The molecule has 0 saturated carbocycles. The molecule has 4 rings (SSSR count). The highest BCUT2D eigenvalue weighted by Crippen LogP contribution is 2.33. The van der Waals surface area contributed by atoms with E-state index in [1.807, 2.05) is 83.5 Å². The summed E-state index contributed by atoms with van der Waals surface area (Å²) in [5.74, 6) is 2.14. The highest BCUT2D eigenvalue weighted by molar-refractivity contribution is 5.64. The number of aliphatic hydroxyl groups is 1. The van der Waals surface area contributed by atoms with E-state index in [1.54, 1.807) is 21.3 Å². The van der Waals surface area contributed by atoms with Crippen LogP contribution >= 0.6 is 0 Å². The number of para-hydroxylation sites is 1. The smallest absolute Gasteiger partial charge is 0.126 e. The fourth-order valence-corrected chi connectivity index (χ4v) is 3.47. The summed E-state index contributed by atoms with van der Waals surface area (Å²) in [6.07, 6.45) is -0.937. The SMILES string of the molecule is COc1ccc(-c2cc(C(O)c3ccccc3OC)nn2-c2ccc(OC)cc2)cc1. The molecule has 0 bridgehead atoms. The van der Waals surface area contributed by atoms with Gasteiger partial charge in [0, 0.05) is 11.1 Å². The van der Waals surface area contributed by atoms with Crippen molar-refractivity contribution in [3.63, 3.8) is 0 Å². The van der Waals surface area contributed by atoms with Gasteiger partial charge < -0.3 is 19.3 Å². The Kier molecular flexibility index (Phi) is 5.91. The largest absolute Gasteiger partial charge is 0.497 e. The molecule has 158 valence electrons. The number of hydrogen-bond donors (Lipinski definition) is 1. The van der Waals surface area contributed by atoms with Gasteiger partial charge in [-0.3, -0.25) is 0 Å². The molecule has 0 fully saturated rings. The van der Waals surface area contributed by atoms with E-state index in [2.05, 4.69) is 0 Å². The molecule has 6 nitrogen and oxygen atoms in total. The van der Waals surface area contributed by atoms with Crippen LogP contribution in [-0.2, 0) is 0 Å². The molecule has 0 aliphatic heterocycles. The standard InChI is InChI=1S/C25H24N2O4/c1-29-19-12-8-17(9-13-19)23-16-22(25(28)21-6-4-5-7-24(21)31-3)26-27(23)18-10-14-20(30-2)15-11-18/h4-16,25,28H,1-3H3. The third-order valence-electron chi connectivity index (χ3n) is 5.14. The molecule has 1 N–H and O–H groups in total. The van der Waals surface area contributed by atoms with Crippen molar-refractivity contribution in [2.24, 2.45) is 0 Å². The Morgan fingerprint density at radius 1 is 0.774 bits per heavy atom. The first kappa shape index (κ1) is 20.5. The van der Waals surface area contributed by atoms with Gasteiger partial charge in [0.05, 0.1) is 38.4 Å². The van der Waals surface area contributed by atoms with Crippen molar-refractivity contribution in [1.82, 2.24) is 9.78 Å². The van der Waals surface area contributed by atoms with Crippen molar-refractivity contribution in [2.75, 3.05) is 21.3 Å². The molecular weight excluding hydrogens is 392 g/mol. The van der Waals surface area contributed by atoms with Crippen LogP contribution in [-0.4, -0.2) is 36.2 Å². The molecule has 0 aliphatic rings. The monoisotopic (exact) mass is 416 g/mol. The van der Waals surface area contributed by atoms with Crippen LogP contribution in [0, 0.1) is 0 Å². The third kappa shape index (κ3) is 4.11. The molecule has 3 aromatic carbocycles. The Morgan fingerprint density at radius 2 is 1.39 bits per heavy atom. The van der Waals surface area contributed by atoms with Gasteiger partial charge in [-0.05, 0) is 60.7 Å². The highest BCUT2D eigenvalue weighted by atomic mass is 16.5. The van der Waals surface area contributed by atoms with E-state index >= 15 is 0 Å². The highest BCUT2D eigenvalue weighted by Gasteiger charge is 2.21. The van der Waals surface area contributed by atoms with Gasteiger partial charge in [-0.15, -0.1) is 0 Å². The Labute approximate surface area is 181 Å². The molecule has 0 radical (unpaired) electrons. The fourth-order valence-electron chi connectivity index (χ4n) is 3.47. The number of hydrogen-bond acceptors (Lipinski definition) is 5. The van der Waals surface area contributed by atoms with Crippen LogP contribution in [0.4, 0.5) is 0 Å². The van der Waals surface area contributed by atoms with E-state index in [-0.39, 0.29) is 0 Å². The van der Waals surface area contributed by atoms with Gasteiger partial charge in [-0.1, -0.05) is 18.2 Å². The van der Waals surface area contributed by atoms with Crippen molar-refractivity contribution in [2.45, 2.75) is 6.10 Å². The van der Waals surface area contributed by atoms with Crippen molar-refractivity contribution in [1.29, 1.82) is 0 Å². The van der Waals surface area contributed by atoms with Crippen molar-refractivity contribution >= 4 is 0 Å². The van der Waals surface area contributed by atoms with Crippen molar-refractivity contribution in [3.8, 4) is 34.2 Å². The van der Waals surface area contributed by atoms with Crippen LogP contribution in [0.2, 0.25) is 0 Å². The minimum absolute atomic E-state index is 0.520. The van der Waals surface area contributed by atoms with E-state index in [4.69, 9.17) is 19.3 Å². The first-order chi connectivity index (χ1) is 15.1. The summed E-state index contributed by atoms with van der Waals surface area (Å²) in [6, 6.07) is 24.6. The van der Waals surface area contributed by atoms with Gasteiger partial charge in [-0.25, -0.2) is 4.68 Å². The van der Waals surface area contributed by atoms with Gasteiger partial charge in [0.25, 0.3) is 0 Å². The Morgan fingerprint density at radius 3 is 2.00 bits per heavy atom. The van der Waals surface area contributed by atoms with E-state index < -0.39 is 6.10 Å². The van der Waals surface area contributed by atoms with Crippen LogP contribution in [0.3, 0.4) is 0 Å². The Balaban J connectivity index is 1.82. The summed E-state index contributed by atoms with van der Waals surface area (Å²) in [7, 11) is 4.86. The molecule has 1 unspecified atom stereocenters. The number of aromatic nitrogens is 2. The lowest BCUT2D eigenvalue weighted by molar-refractivity contribution is 0.209. The van der Waals surface area contributed by atoms with Gasteiger partial charge >= 0.3 is 0 Å². The van der Waals surface area contributed by atoms with Crippen molar-refractivity contribution in [3.05, 3.63) is 90.1 Å². The number of ether oxygens (including phenoxy) is 3. The normalized spacial score (nSPS) is 11.7. The molecular formula is C25H24N2O4. The number of benzene rings is 3. The van der Waals surface area contributed by atoms with Crippen LogP contribution in [0.5, 0.6) is 17.2 Å². The minimum Gasteiger partial charge on any atom is -0.497 e. The quantitative estimate of drug-likeness (QED) is 0.475. The van der Waals surface area contributed by atoms with Crippen molar-refractivity contribution < 1.29 is 19.3 Å². The van der Waals surface area contributed by atoms with E-state index in [0.717, 1.165) is 28.4 Å². The zero-order valence-corrected chi connectivity index (χ0v) is 17.6. The fraction of sp³-hybridized carbons (Fsp3) is 0.160. The molecule has 0 saturated heterocycles. The summed E-state index contributed by atoms with van der Waals surface area (Å²) < 4.78 is 17.8. The minimum atomic E-state index is -0.937. The maximum atomic E-state index is 11.1. The molecule has 0 amide bonds. The molecule has 4 aromatic rings. The Bertz CT molecular complexity index is 1090. The second-order valence-corrected chi connectivity index (χ2v) is 6.94. The molecule has 1 atom stereocenters. The molecule has 1 heterocycles. The summed E-state index contributed by atoms with van der Waals surface area (Å²) >= 11 is 0.